The normalized spacial score (nSPS) is 10.8. The van der Waals surface area contributed by atoms with E-state index >= 15 is 0 Å². The summed E-state index contributed by atoms with van der Waals surface area (Å²) in [5.41, 5.74) is 0.0143. The third-order valence-electron chi connectivity index (χ3n) is 1.78. The molecule has 0 aliphatic rings. The van der Waals surface area contributed by atoms with Crippen LogP contribution in [0.25, 0.3) is 10.1 Å². The second-order valence-corrected chi connectivity index (χ2v) is 3.77. The molecule has 0 aliphatic heterocycles. The summed E-state index contributed by atoms with van der Waals surface area (Å²) in [7, 11) is 7.31. The van der Waals surface area contributed by atoms with Gasteiger partial charge in [-0.1, -0.05) is 0 Å². The molecule has 0 bridgehead atoms. The molecule has 0 aromatic carbocycles. The number of hydrogen-bond acceptors (Lipinski definition) is 2. The van der Waals surface area contributed by atoms with E-state index in [-0.39, 0.29) is 5.56 Å². The molecule has 0 saturated heterocycles. The fraction of sp³-hybridized carbons (Fsp3) is 0.125. The zero-order valence-electron chi connectivity index (χ0n) is 6.57. The van der Waals surface area contributed by atoms with Crippen molar-refractivity contribution >= 4 is 34.0 Å². The molecule has 2 aromatic rings. The van der Waals surface area contributed by atoms with E-state index in [0.29, 0.717) is 10.2 Å². The molecule has 0 N–H and O–H groups in total. The summed E-state index contributed by atoms with van der Waals surface area (Å²) >= 11 is 1.44. The van der Waals surface area contributed by atoms with Crippen molar-refractivity contribution in [3.8, 4) is 0 Å². The van der Waals surface area contributed by atoms with Gasteiger partial charge in [0.05, 0.1) is 5.39 Å². The smallest absolute Gasteiger partial charge is 0.258 e. The molecule has 58 valence electrons. The first-order valence-electron chi connectivity index (χ1n) is 3.53. The number of hydrogen-bond donors (Lipinski definition) is 0. The van der Waals surface area contributed by atoms with E-state index in [1.165, 1.54) is 11.3 Å². The van der Waals surface area contributed by atoms with Gasteiger partial charge in [0.25, 0.3) is 5.56 Å². The highest BCUT2D eigenvalue weighted by Crippen LogP contribution is 2.13. The Balaban J connectivity index is 2.99. The number of aromatic nitrogens is 1. The number of nitrogens with zero attached hydrogens (tertiary/aromatic N) is 1. The molecule has 0 spiro atoms. The fourth-order valence-electron chi connectivity index (χ4n) is 1.15. The predicted octanol–water partition coefficient (Wildman–Crippen LogP) is 0.394. The van der Waals surface area contributed by atoms with Gasteiger partial charge in [0.2, 0.25) is 0 Å². The van der Waals surface area contributed by atoms with E-state index in [2.05, 4.69) is 0 Å². The van der Waals surface area contributed by atoms with Crippen LogP contribution in [0.15, 0.2) is 23.1 Å². The summed E-state index contributed by atoms with van der Waals surface area (Å²) in [6, 6.07) is 3.63. The SMILES string of the molecule is [B]c1cc2c(=O)n(C)ccc2s1. The van der Waals surface area contributed by atoms with Crippen LogP contribution in [0, 0.1) is 0 Å². The lowest BCUT2D eigenvalue weighted by Gasteiger charge is -1.94. The fourth-order valence-corrected chi connectivity index (χ4v) is 1.97. The summed E-state index contributed by atoms with van der Waals surface area (Å²) in [5, 5.41) is 0.711. The van der Waals surface area contributed by atoms with E-state index in [1.807, 2.05) is 6.07 Å². The first kappa shape index (κ1) is 7.62. The first-order chi connectivity index (χ1) is 5.68. The van der Waals surface area contributed by atoms with Crippen LogP contribution in [0.1, 0.15) is 0 Å². The van der Waals surface area contributed by atoms with Gasteiger partial charge in [0, 0.05) is 17.9 Å². The third-order valence-corrected chi connectivity index (χ3v) is 2.71. The Morgan fingerprint density at radius 2 is 2.33 bits per heavy atom. The molecule has 2 aromatic heterocycles. The minimum atomic E-state index is 0.0143. The average Bonchev–Trinajstić information content (AvgIpc) is 2.39. The maximum atomic E-state index is 11.5. The summed E-state index contributed by atoms with van der Waals surface area (Å²) in [5.74, 6) is 0. The molecular formula is C8H6BNOS. The highest BCUT2D eigenvalue weighted by molar-refractivity contribution is 7.26. The van der Waals surface area contributed by atoms with E-state index < -0.39 is 0 Å². The van der Waals surface area contributed by atoms with Crippen LogP contribution in [-0.4, -0.2) is 12.4 Å². The average molecular weight is 175 g/mol. The Labute approximate surface area is 74.9 Å². The number of thiophene rings is 1. The van der Waals surface area contributed by atoms with E-state index in [1.54, 1.807) is 23.9 Å². The molecule has 0 fully saturated rings. The van der Waals surface area contributed by atoms with Gasteiger partial charge < -0.3 is 4.57 Å². The molecule has 0 unspecified atom stereocenters. The molecule has 2 radical (unpaired) electrons. The van der Waals surface area contributed by atoms with Gasteiger partial charge in [-0.25, -0.2) is 0 Å². The van der Waals surface area contributed by atoms with Crippen molar-refractivity contribution in [3.63, 3.8) is 0 Å². The number of aryl methyl sites for hydroxylation is 1. The second-order valence-electron chi connectivity index (χ2n) is 2.66. The molecule has 0 saturated carbocycles. The van der Waals surface area contributed by atoms with E-state index in [9.17, 15) is 4.79 Å². The number of fused-ring (bicyclic) bond motifs is 1. The Bertz CT molecular complexity index is 485. The van der Waals surface area contributed by atoms with Crippen LogP contribution in [0.2, 0.25) is 0 Å². The molecule has 0 atom stereocenters. The van der Waals surface area contributed by atoms with Crippen LogP contribution in [-0.2, 0) is 7.05 Å². The van der Waals surface area contributed by atoms with Crippen molar-refractivity contribution < 1.29 is 0 Å². The van der Waals surface area contributed by atoms with Crippen molar-refractivity contribution in [1.29, 1.82) is 0 Å². The minimum absolute atomic E-state index is 0.0143. The molecule has 0 aliphatic carbocycles. The molecule has 12 heavy (non-hydrogen) atoms. The Morgan fingerprint density at radius 1 is 1.58 bits per heavy atom. The summed E-state index contributed by atoms with van der Waals surface area (Å²) in [6.45, 7) is 0. The van der Waals surface area contributed by atoms with Crippen LogP contribution in [0.4, 0.5) is 0 Å². The lowest BCUT2D eigenvalue weighted by Crippen LogP contribution is -2.14. The quantitative estimate of drug-likeness (QED) is 0.531. The second kappa shape index (κ2) is 2.49. The van der Waals surface area contributed by atoms with Gasteiger partial charge in [-0.05, 0) is 16.9 Å². The zero-order chi connectivity index (χ0) is 8.72. The Morgan fingerprint density at radius 3 is 3.08 bits per heavy atom. The van der Waals surface area contributed by atoms with Crippen molar-refractivity contribution in [1.82, 2.24) is 4.57 Å². The van der Waals surface area contributed by atoms with Gasteiger partial charge in [-0.2, -0.15) is 11.3 Å². The van der Waals surface area contributed by atoms with E-state index in [4.69, 9.17) is 7.85 Å². The van der Waals surface area contributed by atoms with Gasteiger partial charge in [0.1, 0.15) is 7.85 Å². The molecule has 2 rings (SSSR count). The van der Waals surface area contributed by atoms with Crippen LogP contribution >= 0.6 is 11.3 Å². The summed E-state index contributed by atoms with van der Waals surface area (Å²) in [4.78, 5) is 11.5. The lowest BCUT2D eigenvalue weighted by molar-refractivity contribution is 0.874. The van der Waals surface area contributed by atoms with Crippen molar-refractivity contribution in [2.75, 3.05) is 0 Å². The maximum Gasteiger partial charge on any atom is 0.258 e. The molecule has 2 nitrogen and oxygen atoms in total. The van der Waals surface area contributed by atoms with Gasteiger partial charge in [-0.15, -0.1) is 0 Å². The molecule has 2 heterocycles. The van der Waals surface area contributed by atoms with Gasteiger partial charge in [0.15, 0.2) is 0 Å². The van der Waals surface area contributed by atoms with Crippen molar-refractivity contribution in [2.45, 2.75) is 0 Å². The highest BCUT2D eigenvalue weighted by Gasteiger charge is 2.02. The number of rotatable bonds is 0. The molecule has 0 amide bonds. The van der Waals surface area contributed by atoms with Crippen LogP contribution in [0.3, 0.4) is 0 Å². The van der Waals surface area contributed by atoms with Crippen LogP contribution < -0.4 is 10.3 Å². The van der Waals surface area contributed by atoms with Crippen LogP contribution in [0.5, 0.6) is 0 Å². The Hall–Kier alpha value is -1.03. The Kier molecular flexibility index (Phi) is 1.58. The summed E-state index contributed by atoms with van der Waals surface area (Å²) < 4.78 is 3.19. The van der Waals surface area contributed by atoms with Gasteiger partial charge in [-0.3, -0.25) is 4.79 Å². The van der Waals surface area contributed by atoms with E-state index in [0.717, 1.165) is 4.70 Å². The monoisotopic (exact) mass is 175 g/mol. The molecular weight excluding hydrogens is 169 g/mol. The first-order valence-corrected chi connectivity index (χ1v) is 4.35. The summed E-state index contributed by atoms with van der Waals surface area (Å²) in [6.07, 6.45) is 1.75. The van der Waals surface area contributed by atoms with Crippen molar-refractivity contribution in [2.24, 2.45) is 7.05 Å². The third kappa shape index (κ3) is 0.993. The van der Waals surface area contributed by atoms with Crippen molar-refractivity contribution in [3.05, 3.63) is 28.7 Å². The lowest BCUT2D eigenvalue weighted by atomic mass is 10.1. The number of pyridine rings is 1. The predicted molar refractivity (Wildman–Crippen MR) is 52.5 cm³/mol. The minimum Gasteiger partial charge on any atom is -0.318 e. The topological polar surface area (TPSA) is 22.0 Å². The maximum absolute atomic E-state index is 11.5. The highest BCUT2D eigenvalue weighted by atomic mass is 32.1. The molecule has 4 heteroatoms. The zero-order valence-corrected chi connectivity index (χ0v) is 7.39. The van der Waals surface area contributed by atoms with Gasteiger partial charge >= 0.3 is 0 Å². The largest absolute Gasteiger partial charge is 0.318 e. The standard InChI is InChI=1S/C8H6BNOS/c1-10-3-2-6-5(8(10)11)4-7(9)12-6/h2-4H,1H3.